The van der Waals surface area contributed by atoms with Crippen LogP contribution in [-0.2, 0) is 60.8 Å². The molecule has 44 heavy (non-hydrogen) atoms. The van der Waals surface area contributed by atoms with E-state index in [-0.39, 0.29) is 46.5 Å². The zero-order chi connectivity index (χ0) is 28.3. The van der Waals surface area contributed by atoms with Crippen molar-refractivity contribution in [2.45, 2.75) is 35.5 Å². The summed E-state index contributed by atoms with van der Waals surface area (Å²) < 4.78 is 13.3. The largest absolute Gasteiger partial charge is 4.00 e. The molecule has 1 aliphatic heterocycles. The van der Waals surface area contributed by atoms with Crippen molar-refractivity contribution in [3.05, 3.63) is 179 Å². The molecule has 1 aliphatic rings. The van der Waals surface area contributed by atoms with E-state index in [1.54, 1.807) is 48.5 Å². The molecule has 4 nitrogen and oxygen atoms in total. The summed E-state index contributed by atoms with van der Waals surface area (Å²) in [5, 5.41) is 31.1. The molecular weight excluding hydrogens is 647 g/mol. The molecule has 0 aromatic heterocycles. The number of hydrogen-bond acceptors (Lipinski definition) is 5. The fourth-order valence-corrected chi connectivity index (χ4v) is 5.91. The normalized spacial score (nSPS) is 16.7. The molecule has 0 saturated carbocycles. The second-order valence-electron chi connectivity index (χ2n) is 10.3. The summed E-state index contributed by atoms with van der Waals surface area (Å²) in [5.41, 5.74) is -0.217. The van der Waals surface area contributed by atoms with E-state index in [0.29, 0.717) is 28.0 Å². The molecule has 8 heteroatoms. The van der Waals surface area contributed by atoms with Gasteiger partial charge in [-0.05, 0) is 11.2 Å². The van der Waals surface area contributed by atoms with E-state index in [1.807, 2.05) is 97.1 Å². The molecule has 6 rings (SSSR count). The van der Waals surface area contributed by atoms with Gasteiger partial charge in [-0.25, -0.2) is 0 Å². The summed E-state index contributed by atoms with van der Waals surface area (Å²) >= 11 is 5.20. The zero-order valence-electron chi connectivity index (χ0n) is 23.6. The Labute approximate surface area is 291 Å². The molecule has 0 spiro atoms. The Balaban J connectivity index is 0.00000176. The monoisotopic (exact) mass is 676 g/mol. The molecule has 0 N–H and O–H groups in total. The molecule has 0 aliphatic carbocycles. The minimum absolute atomic E-state index is 0. The maximum absolute atomic E-state index is 15.5. The quantitative estimate of drug-likeness (QED) is 0.187. The van der Waals surface area contributed by atoms with Crippen molar-refractivity contribution in [3.63, 3.8) is 0 Å². The Hall–Kier alpha value is -2.42. The summed E-state index contributed by atoms with van der Waals surface area (Å²) in [4.78, 5) is 0. The van der Waals surface area contributed by atoms with Crippen molar-refractivity contribution in [2.24, 2.45) is 0 Å². The van der Waals surface area contributed by atoms with Crippen LogP contribution in [0.15, 0.2) is 146 Å². The number of ether oxygens (including phenoxy) is 2. The van der Waals surface area contributed by atoms with Crippen LogP contribution in [-0.4, -0.2) is 12.2 Å². The minimum Gasteiger partial charge on any atom is -1.00 e. The molecule has 1 heterocycles. The molecule has 2 atom stereocenters. The molecule has 5 aromatic rings. The van der Waals surface area contributed by atoms with E-state index in [0.717, 1.165) is 11.1 Å². The average molecular weight is 677 g/mol. The van der Waals surface area contributed by atoms with Crippen molar-refractivity contribution >= 4 is 25.0 Å². The molecule has 222 valence electrons. The molecule has 1 fully saturated rings. The number of rotatable bonds is 8. The number of halogens is 2. The third kappa shape index (κ3) is 6.73. The maximum atomic E-state index is 15.5. The summed E-state index contributed by atoms with van der Waals surface area (Å²) in [5.74, 6) is 0.481. The van der Waals surface area contributed by atoms with Crippen molar-refractivity contribution in [1.29, 1.82) is 0 Å². The first-order chi connectivity index (χ1) is 20.0. The van der Waals surface area contributed by atoms with Gasteiger partial charge in [0.1, 0.15) is 0 Å². The predicted molar refractivity (Wildman–Crippen MR) is 165 cm³/mol. The van der Waals surface area contributed by atoms with Gasteiger partial charge >= 0.3 is 21.7 Å². The van der Waals surface area contributed by atoms with Crippen molar-refractivity contribution < 1.29 is 53.8 Å². The topological polar surface area (TPSA) is 64.6 Å². The van der Waals surface area contributed by atoms with Crippen molar-refractivity contribution in [3.8, 4) is 0 Å². The Kier molecular flexibility index (Phi) is 12.9. The summed E-state index contributed by atoms with van der Waals surface area (Å²) in [6, 6.07) is 44.1. The average Bonchev–Trinajstić information content (AvgIpc) is 3.52. The standard InChI is InChI=1S/C36H30O4S.2ClH.Ti/c37-35(28-13-5-1-6-14-28,29-15-7-2-8-16-29)32-33(40-34(39-32)27-23-21-26(25-41)22-24-27)36(38,30-17-9-3-10-18-30)31-19-11-4-12-20-31;;;/h1-24,32-34,41H,25H2;2*1H;/q-2;;;+4/p-2/t32-,33-;;;/m1.../s1. The molecule has 5 aromatic carbocycles. The molecule has 0 amide bonds. The Morgan fingerprint density at radius 3 is 1.09 bits per heavy atom. The molecule has 1 saturated heterocycles. The van der Waals surface area contributed by atoms with E-state index < -0.39 is 29.7 Å². The third-order valence-electron chi connectivity index (χ3n) is 7.85. The van der Waals surface area contributed by atoms with Crippen molar-refractivity contribution in [1.82, 2.24) is 0 Å². The van der Waals surface area contributed by atoms with Gasteiger partial charge in [-0.2, -0.15) is 5.75 Å². The van der Waals surface area contributed by atoms with Crippen LogP contribution in [0.4, 0.5) is 0 Å². The van der Waals surface area contributed by atoms with Crippen LogP contribution < -0.4 is 22.6 Å². The van der Waals surface area contributed by atoms with Gasteiger partial charge in [0, 0.05) is 5.56 Å². The summed E-state index contributed by atoms with van der Waals surface area (Å²) in [7, 11) is 0. The fraction of sp³-hybridized carbons (Fsp3) is 0.167. The van der Waals surface area contributed by atoms with Gasteiger partial charge in [0.25, 0.3) is 0 Å². The number of benzene rings is 5. The summed E-state index contributed by atoms with van der Waals surface area (Å²) in [6.45, 7) is 0. The molecule has 0 bridgehead atoms. The minimum atomic E-state index is -1.96. The number of hydrogen-bond donors (Lipinski definition) is 0. The molecule has 0 unspecified atom stereocenters. The van der Waals surface area contributed by atoms with Crippen LogP contribution in [0.25, 0.3) is 0 Å². The van der Waals surface area contributed by atoms with E-state index >= 15 is 10.2 Å². The Morgan fingerprint density at radius 2 is 0.818 bits per heavy atom. The van der Waals surface area contributed by atoms with E-state index in [1.165, 1.54) is 0 Å². The zero-order valence-corrected chi connectivity index (χ0v) is 27.6. The first-order valence-corrected chi connectivity index (χ1v) is 14.2. The van der Waals surface area contributed by atoms with Crippen LogP contribution in [0.5, 0.6) is 0 Å². The Morgan fingerprint density at radius 1 is 0.523 bits per heavy atom. The van der Waals surface area contributed by atoms with Crippen LogP contribution in [0.1, 0.15) is 39.7 Å². The molecule has 0 radical (unpaired) electrons. The predicted octanol–water partition coefficient (Wildman–Crippen LogP) is 2.55. The van der Waals surface area contributed by atoms with Gasteiger partial charge in [0.15, 0.2) is 6.29 Å². The van der Waals surface area contributed by atoms with Crippen LogP contribution in [0.3, 0.4) is 0 Å². The maximum Gasteiger partial charge on any atom is 4.00 e. The van der Waals surface area contributed by atoms with Crippen LogP contribution in [0, 0.1) is 0 Å². The van der Waals surface area contributed by atoms with E-state index in [4.69, 9.17) is 22.1 Å². The SMILES string of the molecule is Cl.[Cl-].[O-]C(c1ccccc1)(c1ccccc1)[C@@H]1OC(c2ccc(C[S-])cc2)O[C@H]1C([O-])(c1ccccc1)c1ccccc1.[Ti+4]. The molecular formula is C36H30Cl2O4STi. The van der Waals surface area contributed by atoms with Gasteiger partial charge in [-0.3, -0.25) is 0 Å². The van der Waals surface area contributed by atoms with E-state index in [9.17, 15) is 0 Å². The first kappa shape index (κ1) is 36.1. The second-order valence-corrected chi connectivity index (χ2v) is 10.6. The van der Waals surface area contributed by atoms with Crippen molar-refractivity contribution in [2.75, 3.05) is 0 Å². The van der Waals surface area contributed by atoms with Gasteiger partial charge in [-0.15, -0.1) is 12.4 Å². The first-order valence-electron chi connectivity index (χ1n) is 13.7. The van der Waals surface area contributed by atoms with E-state index in [2.05, 4.69) is 0 Å². The van der Waals surface area contributed by atoms with Crippen LogP contribution >= 0.6 is 12.4 Å². The van der Waals surface area contributed by atoms with Gasteiger partial charge in [-0.1, -0.05) is 173 Å². The van der Waals surface area contributed by atoms with Gasteiger partial charge in [0.2, 0.25) is 0 Å². The van der Waals surface area contributed by atoms with Gasteiger partial charge < -0.3 is 44.7 Å². The Bertz CT molecular complexity index is 1390. The fourth-order valence-electron chi connectivity index (χ4n) is 5.72. The smallest absolute Gasteiger partial charge is 1.00 e. The summed E-state index contributed by atoms with van der Waals surface area (Å²) in [6.07, 6.45) is -3.30. The van der Waals surface area contributed by atoms with Gasteiger partial charge in [0.05, 0.1) is 12.2 Å². The van der Waals surface area contributed by atoms with Crippen LogP contribution in [0.2, 0.25) is 0 Å². The third-order valence-corrected chi connectivity index (χ3v) is 8.18. The second kappa shape index (κ2) is 15.7.